The zero-order chi connectivity index (χ0) is 19.1. The molecule has 2 aromatic rings. The molecule has 1 aromatic heterocycles. The largest absolute Gasteiger partial charge is 0.207 e. The first kappa shape index (κ1) is 20.0. The monoisotopic (exact) mass is 368 g/mol. The highest BCUT2D eigenvalue weighted by Crippen LogP contribution is 2.34. The maximum atomic E-state index is 14.6. The van der Waals surface area contributed by atoms with Gasteiger partial charge in [-0.2, -0.15) is 10.2 Å². The van der Waals surface area contributed by atoms with Gasteiger partial charge in [0.15, 0.2) is 0 Å². The topological polar surface area (TPSA) is 25.8 Å². The SMILES string of the molecule is CCCc1ccc(-c2ccc(CC[C@H]3CC[C@H](CCC)CC3)c(F)c2)nn1. The minimum Gasteiger partial charge on any atom is -0.207 e. The molecule has 0 unspecified atom stereocenters. The highest BCUT2D eigenvalue weighted by atomic mass is 19.1. The molecule has 1 aromatic carbocycles. The number of benzene rings is 1. The molecule has 27 heavy (non-hydrogen) atoms. The van der Waals surface area contributed by atoms with Crippen LogP contribution in [0.1, 0.15) is 76.5 Å². The summed E-state index contributed by atoms with van der Waals surface area (Å²) in [6.07, 6.45) is 12.0. The van der Waals surface area contributed by atoms with Crippen LogP contribution in [-0.4, -0.2) is 10.2 Å². The quantitative estimate of drug-likeness (QED) is 0.513. The highest BCUT2D eigenvalue weighted by Gasteiger charge is 2.20. The Kier molecular flexibility index (Phi) is 7.37. The number of hydrogen-bond donors (Lipinski definition) is 0. The summed E-state index contributed by atoms with van der Waals surface area (Å²) in [7, 11) is 0. The lowest BCUT2D eigenvalue weighted by molar-refractivity contribution is 0.252. The van der Waals surface area contributed by atoms with Gasteiger partial charge in [-0.3, -0.25) is 0 Å². The van der Waals surface area contributed by atoms with Crippen LogP contribution in [0.25, 0.3) is 11.3 Å². The van der Waals surface area contributed by atoms with E-state index in [-0.39, 0.29) is 5.82 Å². The fourth-order valence-corrected chi connectivity index (χ4v) is 4.39. The van der Waals surface area contributed by atoms with Gasteiger partial charge in [-0.05, 0) is 54.9 Å². The molecule has 0 aliphatic heterocycles. The smallest absolute Gasteiger partial charge is 0.127 e. The van der Waals surface area contributed by atoms with E-state index in [1.165, 1.54) is 38.5 Å². The van der Waals surface area contributed by atoms with Gasteiger partial charge in [0.1, 0.15) is 5.82 Å². The Balaban J connectivity index is 1.55. The Morgan fingerprint density at radius 2 is 1.59 bits per heavy atom. The zero-order valence-corrected chi connectivity index (χ0v) is 16.9. The Hall–Kier alpha value is -1.77. The number of nitrogens with zero attached hydrogens (tertiary/aromatic N) is 2. The molecular formula is C24H33FN2. The molecule has 0 N–H and O–H groups in total. The second kappa shape index (κ2) is 9.96. The van der Waals surface area contributed by atoms with Gasteiger partial charge in [-0.15, -0.1) is 0 Å². The van der Waals surface area contributed by atoms with Crippen LogP contribution in [0.15, 0.2) is 30.3 Å². The van der Waals surface area contributed by atoms with E-state index in [4.69, 9.17) is 0 Å². The first-order chi connectivity index (χ1) is 13.2. The summed E-state index contributed by atoms with van der Waals surface area (Å²) in [6.45, 7) is 4.41. The molecule has 1 fully saturated rings. The summed E-state index contributed by atoms with van der Waals surface area (Å²) >= 11 is 0. The van der Waals surface area contributed by atoms with Crippen molar-refractivity contribution in [3.8, 4) is 11.3 Å². The van der Waals surface area contributed by atoms with Gasteiger partial charge >= 0.3 is 0 Å². The summed E-state index contributed by atoms with van der Waals surface area (Å²) in [5, 5.41) is 8.50. The van der Waals surface area contributed by atoms with Gasteiger partial charge in [-0.1, -0.05) is 70.9 Å². The van der Waals surface area contributed by atoms with Crippen molar-refractivity contribution in [3.63, 3.8) is 0 Å². The molecule has 1 aliphatic rings. The lowest BCUT2D eigenvalue weighted by Gasteiger charge is -2.28. The molecule has 3 rings (SSSR count). The Morgan fingerprint density at radius 3 is 2.19 bits per heavy atom. The van der Waals surface area contributed by atoms with Gasteiger partial charge in [0, 0.05) is 5.56 Å². The molecule has 0 radical (unpaired) electrons. The van der Waals surface area contributed by atoms with Crippen molar-refractivity contribution in [2.45, 2.75) is 78.1 Å². The van der Waals surface area contributed by atoms with Crippen LogP contribution in [0.4, 0.5) is 4.39 Å². The van der Waals surface area contributed by atoms with E-state index < -0.39 is 0 Å². The molecule has 2 nitrogen and oxygen atoms in total. The van der Waals surface area contributed by atoms with Crippen LogP contribution < -0.4 is 0 Å². The van der Waals surface area contributed by atoms with E-state index in [0.29, 0.717) is 0 Å². The van der Waals surface area contributed by atoms with E-state index in [1.54, 1.807) is 6.07 Å². The van der Waals surface area contributed by atoms with Crippen LogP contribution in [-0.2, 0) is 12.8 Å². The fraction of sp³-hybridized carbons (Fsp3) is 0.583. The molecule has 1 heterocycles. The zero-order valence-electron chi connectivity index (χ0n) is 16.9. The van der Waals surface area contributed by atoms with Gasteiger partial charge in [0.05, 0.1) is 11.4 Å². The first-order valence-corrected chi connectivity index (χ1v) is 10.8. The van der Waals surface area contributed by atoms with Crippen molar-refractivity contribution in [1.82, 2.24) is 10.2 Å². The third kappa shape index (κ3) is 5.60. The first-order valence-electron chi connectivity index (χ1n) is 10.8. The molecular weight excluding hydrogens is 335 g/mol. The molecule has 0 spiro atoms. The number of aromatic nitrogens is 2. The minimum atomic E-state index is -0.105. The van der Waals surface area contributed by atoms with E-state index in [0.717, 1.165) is 60.0 Å². The molecule has 0 bridgehead atoms. The van der Waals surface area contributed by atoms with Crippen molar-refractivity contribution < 1.29 is 4.39 Å². The van der Waals surface area contributed by atoms with E-state index in [1.807, 2.05) is 24.3 Å². The maximum Gasteiger partial charge on any atom is 0.127 e. The predicted octanol–water partition coefficient (Wildman–Crippen LogP) is 6.77. The van der Waals surface area contributed by atoms with Crippen LogP contribution in [0.2, 0.25) is 0 Å². The summed E-state index contributed by atoms with van der Waals surface area (Å²) in [5.41, 5.74) is 3.39. The van der Waals surface area contributed by atoms with Gasteiger partial charge < -0.3 is 0 Å². The molecule has 0 atom stereocenters. The fourth-order valence-electron chi connectivity index (χ4n) is 4.39. The molecule has 1 aliphatic carbocycles. The number of rotatable bonds is 8. The standard InChI is InChI=1S/C24H33FN2/c1-3-5-18-7-9-19(10-8-18)11-12-20-13-14-21(17-23(20)25)24-16-15-22(6-4-2)26-27-24/h13-19H,3-12H2,1-2H3/t18-,19-. The average Bonchev–Trinajstić information content (AvgIpc) is 2.69. The molecule has 1 saturated carbocycles. The second-order valence-corrected chi connectivity index (χ2v) is 8.18. The molecule has 0 amide bonds. The summed E-state index contributed by atoms with van der Waals surface area (Å²) in [5.74, 6) is 1.60. The lowest BCUT2D eigenvalue weighted by atomic mass is 9.78. The number of aryl methyl sites for hydroxylation is 2. The van der Waals surface area contributed by atoms with Crippen LogP contribution in [0.5, 0.6) is 0 Å². The van der Waals surface area contributed by atoms with Gasteiger partial charge in [0.25, 0.3) is 0 Å². The van der Waals surface area contributed by atoms with Crippen molar-refractivity contribution >= 4 is 0 Å². The lowest BCUT2D eigenvalue weighted by Crippen LogP contribution is -2.15. The Labute approximate surface area is 163 Å². The van der Waals surface area contributed by atoms with Gasteiger partial charge in [0.2, 0.25) is 0 Å². The summed E-state index contributed by atoms with van der Waals surface area (Å²) in [6, 6.07) is 9.49. The predicted molar refractivity (Wildman–Crippen MR) is 110 cm³/mol. The van der Waals surface area contributed by atoms with Crippen molar-refractivity contribution in [2.24, 2.45) is 11.8 Å². The number of halogens is 1. The van der Waals surface area contributed by atoms with E-state index >= 15 is 0 Å². The third-order valence-corrected chi connectivity index (χ3v) is 6.06. The normalized spacial score (nSPS) is 20.0. The molecule has 0 saturated heterocycles. The Bertz CT molecular complexity index is 703. The van der Waals surface area contributed by atoms with Crippen LogP contribution >= 0.6 is 0 Å². The molecule has 146 valence electrons. The van der Waals surface area contributed by atoms with Crippen LogP contribution in [0, 0.1) is 17.7 Å². The van der Waals surface area contributed by atoms with Crippen molar-refractivity contribution in [1.29, 1.82) is 0 Å². The van der Waals surface area contributed by atoms with Gasteiger partial charge in [-0.25, -0.2) is 4.39 Å². The summed E-state index contributed by atoms with van der Waals surface area (Å²) in [4.78, 5) is 0. The Morgan fingerprint density at radius 1 is 0.852 bits per heavy atom. The summed E-state index contributed by atoms with van der Waals surface area (Å²) < 4.78 is 14.6. The van der Waals surface area contributed by atoms with Crippen molar-refractivity contribution in [2.75, 3.05) is 0 Å². The van der Waals surface area contributed by atoms with E-state index in [9.17, 15) is 4.39 Å². The third-order valence-electron chi connectivity index (χ3n) is 6.06. The van der Waals surface area contributed by atoms with E-state index in [2.05, 4.69) is 24.0 Å². The minimum absolute atomic E-state index is 0.105. The van der Waals surface area contributed by atoms with Crippen molar-refractivity contribution in [3.05, 3.63) is 47.4 Å². The highest BCUT2D eigenvalue weighted by molar-refractivity contribution is 5.59. The molecule has 3 heteroatoms. The maximum absolute atomic E-state index is 14.6. The average molecular weight is 369 g/mol. The van der Waals surface area contributed by atoms with Crippen LogP contribution in [0.3, 0.4) is 0 Å². The number of hydrogen-bond acceptors (Lipinski definition) is 2. The second-order valence-electron chi connectivity index (χ2n) is 8.18.